The van der Waals surface area contributed by atoms with Gasteiger partial charge in [0.05, 0.1) is 12.7 Å². The van der Waals surface area contributed by atoms with E-state index in [2.05, 4.69) is 34.6 Å². The van der Waals surface area contributed by atoms with Crippen molar-refractivity contribution in [3.63, 3.8) is 0 Å². The fraction of sp³-hybridized carbons (Fsp3) is 0.393. The Bertz CT molecular complexity index is 955. The number of pyridine rings is 1. The first kappa shape index (κ1) is 23.3. The van der Waals surface area contributed by atoms with Crippen LogP contribution in [0.4, 0.5) is 0 Å². The Hall–Kier alpha value is -2.89. The third kappa shape index (κ3) is 6.80. The van der Waals surface area contributed by atoms with E-state index in [1.807, 2.05) is 49.5 Å². The van der Waals surface area contributed by atoms with Gasteiger partial charge in [-0.1, -0.05) is 37.3 Å². The molecule has 5 heteroatoms. The van der Waals surface area contributed by atoms with Gasteiger partial charge in [-0.25, -0.2) is 0 Å². The zero-order valence-corrected chi connectivity index (χ0v) is 19.3. The molecule has 0 amide bonds. The van der Waals surface area contributed by atoms with Gasteiger partial charge in [0.1, 0.15) is 17.6 Å². The molecule has 1 aromatic heterocycles. The van der Waals surface area contributed by atoms with E-state index in [9.17, 15) is 5.11 Å². The standard InChI is InChI=1S/C28H34N2O3/c1-2-27(31)28(19-21-5-3-16-29-20-21)33-26-13-9-23(10-14-26)22-7-11-25(12-8-22)32-18-15-24-6-4-17-30-24/h3,5,7-14,16,20,24,27-28,30-31H,2,4,6,15,17-19H2,1H3/t24?,27-,28+/m1/s1. The van der Waals surface area contributed by atoms with Gasteiger partial charge >= 0.3 is 0 Å². The maximum atomic E-state index is 10.5. The van der Waals surface area contributed by atoms with Gasteiger partial charge in [-0.2, -0.15) is 0 Å². The number of nitrogens with zero attached hydrogens (tertiary/aromatic N) is 1. The van der Waals surface area contributed by atoms with Crippen molar-refractivity contribution in [1.29, 1.82) is 0 Å². The van der Waals surface area contributed by atoms with Crippen molar-refractivity contribution in [1.82, 2.24) is 10.3 Å². The van der Waals surface area contributed by atoms with E-state index in [-0.39, 0.29) is 6.10 Å². The van der Waals surface area contributed by atoms with Crippen molar-refractivity contribution in [2.45, 2.75) is 57.3 Å². The lowest BCUT2D eigenvalue weighted by atomic mass is 10.0. The molecule has 2 aromatic carbocycles. The van der Waals surface area contributed by atoms with Gasteiger partial charge in [-0.3, -0.25) is 4.98 Å². The Morgan fingerprint density at radius 2 is 1.76 bits per heavy atom. The molecule has 33 heavy (non-hydrogen) atoms. The molecule has 174 valence electrons. The number of nitrogens with one attached hydrogen (secondary N) is 1. The Kier molecular flexibility index (Phi) is 8.34. The fourth-order valence-corrected chi connectivity index (χ4v) is 4.24. The van der Waals surface area contributed by atoms with Gasteiger partial charge in [0.15, 0.2) is 0 Å². The van der Waals surface area contributed by atoms with Crippen molar-refractivity contribution < 1.29 is 14.6 Å². The highest BCUT2D eigenvalue weighted by Gasteiger charge is 2.20. The summed E-state index contributed by atoms with van der Waals surface area (Å²) in [5, 5.41) is 14.0. The number of aliphatic hydroxyl groups excluding tert-OH is 1. The molecular formula is C28H34N2O3. The van der Waals surface area contributed by atoms with E-state index >= 15 is 0 Å². The average Bonchev–Trinajstić information content (AvgIpc) is 3.38. The van der Waals surface area contributed by atoms with Gasteiger partial charge in [-0.15, -0.1) is 0 Å². The van der Waals surface area contributed by atoms with Crippen LogP contribution in [-0.2, 0) is 6.42 Å². The fourth-order valence-electron chi connectivity index (χ4n) is 4.24. The normalized spacial score (nSPS) is 17.5. The van der Waals surface area contributed by atoms with E-state index < -0.39 is 6.10 Å². The number of aliphatic hydroxyl groups is 1. The van der Waals surface area contributed by atoms with Crippen molar-refractivity contribution >= 4 is 0 Å². The molecule has 1 unspecified atom stereocenters. The minimum atomic E-state index is -0.540. The van der Waals surface area contributed by atoms with E-state index in [4.69, 9.17) is 9.47 Å². The molecule has 0 radical (unpaired) electrons. The van der Waals surface area contributed by atoms with Crippen LogP contribution in [0, 0.1) is 0 Å². The van der Waals surface area contributed by atoms with Crippen molar-refractivity contribution in [2.24, 2.45) is 0 Å². The zero-order chi connectivity index (χ0) is 22.9. The summed E-state index contributed by atoms with van der Waals surface area (Å²) in [4.78, 5) is 4.17. The maximum absolute atomic E-state index is 10.5. The van der Waals surface area contributed by atoms with Crippen LogP contribution in [0.3, 0.4) is 0 Å². The van der Waals surface area contributed by atoms with Crippen LogP contribution < -0.4 is 14.8 Å². The van der Waals surface area contributed by atoms with Crippen molar-refractivity contribution in [3.8, 4) is 22.6 Å². The van der Waals surface area contributed by atoms with Gasteiger partial charge in [0.25, 0.3) is 0 Å². The van der Waals surface area contributed by atoms with Gasteiger partial charge in [-0.05, 0) is 79.3 Å². The van der Waals surface area contributed by atoms with Gasteiger partial charge in [0.2, 0.25) is 0 Å². The van der Waals surface area contributed by atoms with Gasteiger partial charge in [0, 0.05) is 24.9 Å². The molecule has 2 N–H and O–H groups in total. The number of benzene rings is 2. The van der Waals surface area contributed by atoms with Crippen LogP contribution in [0.15, 0.2) is 73.1 Å². The van der Waals surface area contributed by atoms with Crippen LogP contribution in [0.25, 0.3) is 11.1 Å². The van der Waals surface area contributed by atoms with E-state index in [0.29, 0.717) is 18.9 Å². The van der Waals surface area contributed by atoms with Crippen LogP contribution in [-0.4, -0.2) is 41.5 Å². The average molecular weight is 447 g/mol. The van der Waals surface area contributed by atoms with E-state index in [0.717, 1.165) is 47.8 Å². The molecule has 1 saturated heterocycles. The molecule has 0 bridgehead atoms. The van der Waals surface area contributed by atoms with Crippen LogP contribution in [0.1, 0.15) is 38.2 Å². The molecular weight excluding hydrogens is 412 g/mol. The number of ether oxygens (including phenoxy) is 2. The number of rotatable bonds is 11. The van der Waals surface area contributed by atoms with E-state index in [1.165, 1.54) is 12.8 Å². The first-order chi connectivity index (χ1) is 16.2. The number of hydrogen-bond donors (Lipinski definition) is 2. The summed E-state index contributed by atoms with van der Waals surface area (Å²) in [5.74, 6) is 1.66. The van der Waals surface area contributed by atoms with E-state index in [1.54, 1.807) is 6.20 Å². The van der Waals surface area contributed by atoms with Crippen LogP contribution in [0.2, 0.25) is 0 Å². The highest BCUT2D eigenvalue weighted by atomic mass is 16.5. The Morgan fingerprint density at radius 3 is 2.36 bits per heavy atom. The maximum Gasteiger partial charge on any atom is 0.129 e. The highest BCUT2D eigenvalue weighted by Crippen LogP contribution is 2.26. The highest BCUT2D eigenvalue weighted by molar-refractivity contribution is 5.64. The molecule has 1 aliphatic heterocycles. The second-order valence-corrected chi connectivity index (χ2v) is 8.68. The summed E-state index contributed by atoms with van der Waals surface area (Å²) in [7, 11) is 0. The molecule has 0 saturated carbocycles. The molecule has 2 heterocycles. The largest absolute Gasteiger partial charge is 0.494 e. The Labute approximate surface area is 196 Å². The predicted molar refractivity (Wildman–Crippen MR) is 132 cm³/mol. The molecule has 0 aliphatic carbocycles. The quantitative estimate of drug-likeness (QED) is 0.433. The summed E-state index contributed by atoms with van der Waals surface area (Å²) >= 11 is 0. The van der Waals surface area contributed by atoms with Crippen LogP contribution in [0.5, 0.6) is 11.5 Å². The topological polar surface area (TPSA) is 63.6 Å². The lowest BCUT2D eigenvalue weighted by molar-refractivity contribution is 0.0343. The van der Waals surface area contributed by atoms with Crippen molar-refractivity contribution in [3.05, 3.63) is 78.6 Å². The summed E-state index contributed by atoms with van der Waals surface area (Å²) in [5.41, 5.74) is 3.30. The first-order valence-corrected chi connectivity index (χ1v) is 12.0. The number of aromatic nitrogens is 1. The molecule has 1 aliphatic rings. The molecule has 1 fully saturated rings. The molecule has 5 nitrogen and oxygen atoms in total. The van der Waals surface area contributed by atoms with Crippen LogP contribution >= 0.6 is 0 Å². The van der Waals surface area contributed by atoms with Gasteiger partial charge < -0.3 is 19.9 Å². The SMILES string of the molecule is CC[C@@H](O)[C@H](Cc1cccnc1)Oc1ccc(-c2ccc(OCCC3CCCN3)cc2)cc1. The third-order valence-electron chi connectivity index (χ3n) is 6.23. The first-order valence-electron chi connectivity index (χ1n) is 12.0. The monoisotopic (exact) mass is 446 g/mol. The molecule has 4 rings (SSSR count). The second-order valence-electron chi connectivity index (χ2n) is 8.68. The van der Waals surface area contributed by atoms with Crippen molar-refractivity contribution in [2.75, 3.05) is 13.2 Å². The lowest BCUT2D eigenvalue weighted by Gasteiger charge is -2.23. The summed E-state index contributed by atoms with van der Waals surface area (Å²) in [6, 6.07) is 20.8. The minimum Gasteiger partial charge on any atom is -0.494 e. The zero-order valence-electron chi connectivity index (χ0n) is 19.3. The Morgan fingerprint density at radius 1 is 1.03 bits per heavy atom. The predicted octanol–water partition coefficient (Wildman–Crippen LogP) is 5.03. The smallest absolute Gasteiger partial charge is 0.129 e. The Balaban J connectivity index is 1.33. The minimum absolute atomic E-state index is 0.319. The lowest BCUT2D eigenvalue weighted by Crippen LogP contribution is -2.33. The summed E-state index contributed by atoms with van der Waals surface area (Å²) < 4.78 is 12.1. The molecule has 3 aromatic rings. The second kappa shape index (κ2) is 11.8. The summed E-state index contributed by atoms with van der Waals surface area (Å²) in [6.07, 6.45) is 7.54. The number of hydrogen-bond acceptors (Lipinski definition) is 5. The third-order valence-corrected chi connectivity index (χ3v) is 6.23. The molecule has 0 spiro atoms. The summed E-state index contributed by atoms with van der Waals surface area (Å²) in [6.45, 7) is 3.84. The molecule has 3 atom stereocenters.